The number of unbranched alkanes of at least 4 members (excludes halogenated alkanes) is 47. The summed E-state index contributed by atoms with van der Waals surface area (Å²) in [5.41, 5.74) is 0. The summed E-state index contributed by atoms with van der Waals surface area (Å²) < 4.78 is 30.9. The maximum absolute atomic E-state index is 13.6. The second kappa shape index (κ2) is 68.6. The Hall–Kier alpha value is -2.29. The van der Waals surface area contributed by atoms with E-state index in [9.17, 15) is 19.0 Å². The molecule has 0 aromatic carbocycles. The predicted molar refractivity (Wildman–Crippen MR) is 388 cm³/mol. The van der Waals surface area contributed by atoms with Gasteiger partial charge in [0.1, 0.15) is 19.3 Å². The molecule has 0 heterocycles. The summed E-state index contributed by atoms with van der Waals surface area (Å²) in [6, 6.07) is -0.848. The van der Waals surface area contributed by atoms with Gasteiger partial charge in [0.05, 0.1) is 33.8 Å². The number of esters is 1. The number of carbonyl (C=O) groups excluding carboxylic acids is 2. The molecule has 9 nitrogen and oxygen atoms in total. The number of likely N-dealkylation sites (N-methyl/N-ethyl adjacent to an activating group) is 1. The predicted octanol–water partition coefficient (Wildman–Crippen LogP) is 24.9. The van der Waals surface area contributed by atoms with Crippen LogP contribution in [0.25, 0.3) is 0 Å². The summed E-state index contributed by atoms with van der Waals surface area (Å²) in [6.07, 6.45) is 89.7. The molecule has 0 bridgehead atoms. The molecule has 0 aromatic heterocycles. The van der Waals surface area contributed by atoms with Gasteiger partial charge in [0.2, 0.25) is 5.91 Å². The van der Waals surface area contributed by atoms with Crippen LogP contribution < -0.4 is 5.32 Å². The molecule has 0 rings (SSSR count). The summed E-state index contributed by atoms with van der Waals surface area (Å²) in [5.74, 6) is -0.488. The first-order valence-corrected chi connectivity index (χ1v) is 40.1. The fourth-order valence-corrected chi connectivity index (χ4v) is 12.2. The Morgan fingerprint density at radius 2 is 0.685 bits per heavy atom. The summed E-state index contributed by atoms with van der Waals surface area (Å²) in [5, 5.41) is 3.08. The van der Waals surface area contributed by atoms with Crippen LogP contribution in [0, 0.1) is 0 Å². The van der Waals surface area contributed by atoms with Crippen LogP contribution in [0.15, 0.2) is 60.8 Å². The number of amides is 1. The van der Waals surface area contributed by atoms with Gasteiger partial charge in [-0.3, -0.25) is 18.6 Å². The van der Waals surface area contributed by atoms with Crippen LogP contribution >= 0.6 is 7.82 Å². The van der Waals surface area contributed by atoms with Crippen LogP contribution in [0.4, 0.5) is 0 Å². The minimum atomic E-state index is -4.45. The van der Waals surface area contributed by atoms with E-state index in [1.807, 2.05) is 33.3 Å². The number of hydrogen-bond acceptors (Lipinski definition) is 6. The first-order chi connectivity index (χ1) is 43.4. The molecule has 0 radical (unpaired) electrons. The highest BCUT2D eigenvalue weighted by molar-refractivity contribution is 7.47. The van der Waals surface area contributed by atoms with Gasteiger partial charge in [0.25, 0.3) is 0 Å². The Kier molecular flexibility index (Phi) is 66.8. The first kappa shape index (κ1) is 86.7. The van der Waals surface area contributed by atoms with Crippen molar-refractivity contribution in [2.45, 2.75) is 392 Å². The molecule has 0 fully saturated rings. The van der Waals surface area contributed by atoms with Gasteiger partial charge < -0.3 is 19.4 Å². The SMILES string of the molecule is CCCCC/C=C\C/C=C\CCCCCCCCCCCCCCCCCCCC(=O)NC(COP(=O)(O)OCC[N+](C)(C)C)C(/C=C/CCCCCCCCCCC)OC(=O)CCCCCCCCCCCCCCCCC/C=C\C/C=C\CCCCC. The molecule has 3 unspecified atom stereocenters. The second-order valence-electron chi connectivity index (χ2n) is 27.5. The Morgan fingerprint density at radius 3 is 1.03 bits per heavy atom. The molecule has 0 saturated heterocycles. The lowest BCUT2D eigenvalue weighted by molar-refractivity contribution is -0.870. The van der Waals surface area contributed by atoms with Crippen molar-refractivity contribution in [2.24, 2.45) is 0 Å². The highest BCUT2D eigenvalue weighted by atomic mass is 31.2. The average molecular weight is 1270 g/mol. The fraction of sp³-hybridized carbons (Fsp3) is 0.848. The highest BCUT2D eigenvalue weighted by Gasteiger charge is 2.30. The average Bonchev–Trinajstić information content (AvgIpc) is 3.70. The van der Waals surface area contributed by atoms with E-state index in [1.54, 1.807) is 0 Å². The van der Waals surface area contributed by atoms with Crippen molar-refractivity contribution in [1.29, 1.82) is 0 Å². The highest BCUT2D eigenvalue weighted by Crippen LogP contribution is 2.43. The van der Waals surface area contributed by atoms with Gasteiger partial charge in [-0.05, 0) is 96.0 Å². The van der Waals surface area contributed by atoms with E-state index in [0.717, 1.165) is 70.6 Å². The van der Waals surface area contributed by atoms with Crippen molar-refractivity contribution in [3.63, 3.8) is 0 Å². The third-order valence-electron chi connectivity index (χ3n) is 17.4. The monoisotopic (exact) mass is 1270 g/mol. The van der Waals surface area contributed by atoms with Crippen molar-refractivity contribution in [1.82, 2.24) is 5.32 Å². The number of phosphoric acid groups is 1. The maximum atomic E-state index is 13.6. The van der Waals surface area contributed by atoms with Gasteiger partial charge in [-0.15, -0.1) is 0 Å². The van der Waals surface area contributed by atoms with Crippen molar-refractivity contribution in [3.8, 4) is 0 Å². The zero-order chi connectivity index (χ0) is 64.9. The van der Waals surface area contributed by atoms with Crippen LogP contribution in [0.5, 0.6) is 0 Å². The van der Waals surface area contributed by atoms with Gasteiger partial charge in [-0.25, -0.2) is 4.57 Å². The smallest absolute Gasteiger partial charge is 0.456 e. The fourth-order valence-electron chi connectivity index (χ4n) is 11.5. The second-order valence-corrected chi connectivity index (χ2v) is 29.0. The Bertz CT molecular complexity index is 1700. The molecule has 0 aliphatic carbocycles. The van der Waals surface area contributed by atoms with Crippen molar-refractivity contribution < 1.29 is 37.3 Å². The molecule has 1 amide bonds. The number of nitrogens with zero attached hydrogens (tertiary/aromatic N) is 1. The zero-order valence-electron chi connectivity index (χ0n) is 59.9. The third kappa shape index (κ3) is 69.9. The number of ether oxygens (including phenoxy) is 1. The molecular weight excluding hydrogens is 1120 g/mol. The minimum Gasteiger partial charge on any atom is -0.456 e. The molecule has 0 spiro atoms. The van der Waals surface area contributed by atoms with Crippen LogP contribution in [-0.2, 0) is 27.9 Å². The van der Waals surface area contributed by atoms with E-state index in [-0.39, 0.29) is 25.1 Å². The lowest BCUT2D eigenvalue weighted by Gasteiger charge is -2.27. The summed E-state index contributed by atoms with van der Waals surface area (Å²) >= 11 is 0. The molecular formula is C79H150N2O7P+. The molecule has 0 aromatic rings. The van der Waals surface area contributed by atoms with Gasteiger partial charge in [-0.2, -0.15) is 0 Å². The van der Waals surface area contributed by atoms with E-state index in [4.69, 9.17) is 13.8 Å². The summed E-state index contributed by atoms with van der Waals surface area (Å²) in [4.78, 5) is 38.0. The number of rotatable bonds is 71. The number of carbonyl (C=O) groups is 2. The van der Waals surface area contributed by atoms with E-state index in [2.05, 4.69) is 74.7 Å². The molecule has 0 aliphatic heterocycles. The largest absolute Gasteiger partial charge is 0.472 e. The van der Waals surface area contributed by atoms with Crippen LogP contribution in [-0.4, -0.2) is 74.3 Å². The molecule has 2 N–H and O–H groups in total. The van der Waals surface area contributed by atoms with Gasteiger partial charge in [0, 0.05) is 12.8 Å². The van der Waals surface area contributed by atoms with E-state index < -0.39 is 20.0 Å². The minimum absolute atomic E-state index is 0.0416. The molecule has 522 valence electrons. The number of phosphoric ester groups is 1. The van der Waals surface area contributed by atoms with E-state index >= 15 is 0 Å². The quantitative estimate of drug-likeness (QED) is 0.0205. The lowest BCUT2D eigenvalue weighted by Crippen LogP contribution is -2.47. The number of hydrogen-bond donors (Lipinski definition) is 2. The Morgan fingerprint density at radius 1 is 0.393 bits per heavy atom. The number of nitrogens with one attached hydrogen (secondary N) is 1. The molecule has 3 atom stereocenters. The lowest BCUT2D eigenvalue weighted by atomic mass is 10.0. The zero-order valence-corrected chi connectivity index (χ0v) is 60.8. The van der Waals surface area contributed by atoms with Crippen LogP contribution in [0.3, 0.4) is 0 Å². The summed E-state index contributed by atoms with van der Waals surface area (Å²) in [7, 11) is 1.51. The van der Waals surface area contributed by atoms with Crippen LogP contribution in [0.1, 0.15) is 380 Å². The number of allylic oxidation sites excluding steroid dienone is 9. The molecule has 0 aliphatic rings. The molecule has 10 heteroatoms. The number of quaternary nitrogens is 1. The Labute approximate surface area is 553 Å². The standard InChI is InChI=1S/C79H149N2O7P/c1-7-10-13-16-19-22-25-27-29-31-33-35-37-39-40-42-43-45-47-49-51-53-56-59-62-65-68-71-78(82)80-76(75-87-89(84,85)86-74-73-81(4,5)6)77(70-67-64-61-58-55-24-21-18-15-12-9-3)88-79(83)72-69-66-63-60-57-54-52-50-48-46-44-41-38-36-34-32-30-28-26-23-20-17-14-11-8-2/h19-20,22-23,27-30,67,70,76-77H,7-18,21,24-26,31-66,68-69,71-75H2,1-6H3,(H-,80,82,84,85)/p+1/b22-19-,23-20-,29-27-,30-28-,70-67+. The summed E-state index contributed by atoms with van der Waals surface area (Å²) in [6.45, 7) is 7.02. The molecule has 89 heavy (non-hydrogen) atoms. The normalized spacial score (nSPS) is 13.7. The third-order valence-corrected chi connectivity index (χ3v) is 18.4. The maximum Gasteiger partial charge on any atom is 0.472 e. The van der Waals surface area contributed by atoms with E-state index in [1.165, 1.54) is 276 Å². The van der Waals surface area contributed by atoms with Crippen molar-refractivity contribution in [2.75, 3.05) is 40.9 Å². The first-order valence-electron chi connectivity index (χ1n) is 38.6. The van der Waals surface area contributed by atoms with Gasteiger partial charge >= 0.3 is 13.8 Å². The van der Waals surface area contributed by atoms with Gasteiger partial charge in [0.15, 0.2) is 0 Å². The molecule has 0 saturated carbocycles. The van der Waals surface area contributed by atoms with E-state index in [0.29, 0.717) is 23.9 Å². The van der Waals surface area contributed by atoms with Crippen molar-refractivity contribution in [3.05, 3.63) is 60.8 Å². The van der Waals surface area contributed by atoms with Gasteiger partial charge in [-0.1, -0.05) is 332 Å². The van der Waals surface area contributed by atoms with Crippen LogP contribution in [0.2, 0.25) is 0 Å². The Balaban J connectivity index is 4.88. The topological polar surface area (TPSA) is 111 Å². The van der Waals surface area contributed by atoms with Crippen molar-refractivity contribution >= 4 is 19.7 Å².